The Hall–Kier alpha value is -4.39. The van der Waals surface area contributed by atoms with Crippen molar-refractivity contribution >= 4 is 32.9 Å². The van der Waals surface area contributed by atoms with Crippen LogP contribution in [0, 0.1) is 0 Å². The molecule has 4 aromatic rings. The Bertz CT molecular complexity index is 1680. The molecule has 0 radical (unpaired) electrons. The number of aromatic nitrogens is 2. The average Bonchev–Trinajstić information content (AvgIpc) is 2.96. The molecule has 1 fully saturated rings. The van der Waals surface area contributed by atoms with E-state index in [9.17, 15) is 23.1 Å². The standard InChI is InChI=1S/C26H23N5O6S/c32-24(23-7-3-4-12-27-23)29-28-17-22-20-5-1-2-6-21(20)25(33)31(26(22)34)18-8-10-19(11-9-18)38(35,36)30-13-15-37-16-14-30/h1-12,17,34H,13-16H2,(H,29,32). The molecule has 0 saturated carbocycles. The number of benzene rings is 2. The van der Waals surface area contributed by atoms with Crippen LogP contribution < -0.4 is 11.0 Å². The first-order valence-electron chi connectivity index (χ1n) is 11.7. The molecule has 0 spiro atoms. The van der Waals surface area contributed by atoms with Gasteiger partial charge in [-0.1, -0.05) is 24.3 Å². The van der Waals surface area contributed by atoms with E-state index in [1.807, 2.05) is 0 Å². The van der Waals surface area contributed by atoms with E-state index in [-0.39, 0.29) is 34.9 Å². The van der Waals surface area contributed by atoms with E-state index >= 15 is 0 Å². The lowest BCUT2D eigenvalue weighted by Crippen LogP contribution is -2.40. The van der Waals surface area contributed by atoms with E-state index in [2.05, 4.69) is 15.5 Å². The maximum absolute atomic E-state index is 13.3. The van der Waals surface area contributed by atoms with Crippen molar-refractivity contribution in [1.82, 2.24) is 19.3 Å². The van der Waals surface area contributed by atoms with Crippen LogP contribution in [0.3, 0.4) is 0 Å². The second-order valence-electron chi connectivity index (χ2n) is 8.35. The Labute approximate surface area is 217 Å². The van der Waals surface area contributed by atoms with Crippen molar-refractivity contribution in [1.29, 1.82) is 0 Å². The van der Waals surface area contributed by atoms with Gasteiger partial charge in [-0.15, -0.1) is 0 Å². The number of aromatic hydroxyl groups is 1. The number of hydrogen-bond acceptors (Lipinski definition) is 8. The Balaban J connectivity index is 1.52. The van der Waals surface area contributed by atoms with E-state index in [0.717, 1.165) is 4.57 Å². The van der Waals surface area contributed by atoms with Crippen molar-refractivity contribution < 1.29 is 23.1 Å². The highest BCUT2D eigenvalue weighted by Crippen LogP contribution is 2.27. The summed E-state index contributed by atoms with van der Waals surface area (Å²) in [5, 5.41) is 15.8. The van der Waals surface area contributed by atoms with Crippen molar-refractivity contribution in [2.75, 3.05) is 26.3 Å². The lowest BCUT2D eigenvalue weighted by molar-refractivity contribution is 0.0730. The zero-order valence-electron chi connectivity index (χ0n) is 20.0. The molecule has 1 amide bonds. The predicted octanol–water partition coefficient (Wildman–Crippen LogP) is 1.88. The third-order valence-corrected chi connectivity index (χ3v) is 7.98. The van der Waals surface area contributed by atoms with Gasteiger partial charge in [0.05, 0.1) is 35.6 Å². The average molecular weight is 534 g/mol. The molecule has 11 nitrogen and oxygen atoms in total. The van der Waals surface area contributed by atoms with Crippen LogP contribution in [0.4, 0.5) is 0 Å². The van der Waals surface area contributed by atoms with Gasteiger partial charge in [0, 0.05) is 30.1 Å². The minimum atomic E-state index is -3.73. The number of amides is 1. The first kappa shape index (κ1) is 25.3. The Kier molecular flexibility index (Phi) is 7.01. The van der Waals surface area contributed by atoms with Gasteiger partial charge in [0.1, 0.15) is 5.69 Å². The van der Waals surface area contributed by atoms with Gasteiger partial charge in [0.2, 0.25) is 15.9 Å². The SMILES string of the molecule is O=C(NN=Cc1c(O)n(-c2ccc(S(=O)(=O)N3CCOCC3)cc2)c(=O)c2ccccc12)c1ccccn1. The van der Waals surface area contributed by atoms with Crippen LogP contribution in [-0.4, -0.2) is 65.8 Å². The smallest absolute Gasteiger partial charge is 0.289 e. The van der Waals surface area contributed by atoms with E-state index in [1.54, 1.807) is 36.4 Å². The highest BCUT2D eigenvalue weighted by Gasteiger charge is 2.26. The first-order valence-corrected chi connectivity index (χ1v) is 13.1. The number of hydrogen-bond donors (Lipinski definition) is 2. The van der Waals surface area contributed by atoms with Gasteiger partial charge in [0.15, 0.2) is 0 Å². The van der Waals surface area contributed by atoms with Gasteiger partial charge in [-0.25, -0.2) is 18.4 Å². The Morgan fingerprint density at radius 3 is 2.37 bits per heavy atom. The molecule has 0 aliphatic carbocycles. The summed E-state index contributed by atoms with van der Waals surface area (Å²) in [5.74, 6) is -0.968. The van der Waals surface area contributed by atoms with Crippen molar-refractivity contribution in [2.45, 2.75) is 4.90 Å². The number of carbonyl (C=O) groups is 1. The number of pyridine rings is 2. The molecule has 194 valence electrons. The largest absolute Gasteiger partial charge is 0.494 e. The van der Waals surface area contributed by atoms with Gasteiger partial charge in [-0.3, -0.25) is 14.6 Å². The van der Waals surface area contributed by atoms with Crippen molar-refractivity contribution in [3.8, 4) is 11.6 Å². The fourth-order valence-electron chi connectivity index (χ4n) is 4.14. The number of ether oxygens (including phenoxy) is 1. The van der Waals surface area contributed by atoms with Gasteiger partial charge in [-0.2, -0.15) is 9.41 Å². The number of sulfonamides is 1. The molecule has 3 heterocycles. The molecule has 0 atom stereocenters. The number of carbonyl (C=O) groups excluding carboxylic acids is 1. The number of fused-ring (bicyclic) bond motifs is 1. The fourth-order valence-corrected chi connectivity index (χ4v) is 5.55. The molecule has 5 rings (SSSR count). The zero-order chi connectivity index (χ0) is 26.7. The van der Waals surface area contributed by atoms with Gasteiger partial charge in [-0.05, 0) is 42.5 Å². The summed E-state index contributed by atoms with van der Waals surface area (Å²) in [6, 6.07) is 17.2. The van der Waals surface area contributed by atoms with Crippen LogP contribution in [0.15, 0.2) is 87.7 Å². The minimum absolute atomic E-state index is 0.0653. The van der Waals surface area contributed by atoms with Crippen LogP contribution in [-0.2, 0) is 14.8 Å². The summed E-state index contributed by atoms with van der Waals surface area (Å²) in [7, 11) is -3.73. The zero-order valence-corrected chi connectivity index (χ0v) is 20.8. The van der Waals surface area contributed by atoms with E-state index in [4.69, 9.17) is 4.74 Å². The number of nitrogens with zero attached hydrogens (tertiary/aromatic N) is 4. The summed E-state index contributed by atoms with van der Waals surface area (Å²) in [4.78, 5) is 29.7. The van der Waals surface area contributed by atoms with Crippen molar-refractivity contribution in [2.24, 2.45) is 5.10 Å². The molecule has 0 unspecified atom stereocenters. The lowest BCUT2D eigenvalue weighted by atomic mass is 10.1. The quantitative estimate of drug-likeness (QED) is 0.285. The normalized spacial score (nSPS) is 14.6. The number of hydrazone groups is 1. The molecule has 1 aliphatic heterocycles. The molecular weight excluding hydrogens is 510 g/mol. The van der Waals surface area contributed by atoms with Gasteiger partial charge < -0.3 is 9.84 Å². The third-order valence-electron chi connectivity index (χ3n) is 6.06. The number of morpholine rings is 1. The molecular formula is C26H23N5O6S. The van der Waals surface area contributed by atoms with Crippen molar-refractivity contribution in [3.63, 3.8) is 0 Å². The lowest BCUT2D eigenvalue weighted by Gasteiger charge is -2.26. The van der Waals surface area contributed by atoms with Gasteiger partial charge in [0.25, 0.3) is 11.5 Å². The maximum Gasteiger partial charge on any atom is 0.289 e. The highest BCUT2D eigenvalue weighted by atomic mass is 32.2. The Morgan fingerprint density at radius 2 is 1.68 bits per heavy atom. The molecule has 2 aromatic carbocycles. The second kappa shape index (κ2) is 10.5. The van der Waals surface area contributed by atoms with Crippen LogP contribution in [0.5, 0.6) is 5.88 Å². The van der Waals surface area contributed by atoms with Crippen LogP contribution in [0.2, 0.25) is 0 Å². The molecule has 0 bridgehead atoms. The van der Waals surface area contributed by atoms with Crippen LogP contribution >= 0.6 is 0 Å². The Morgan fingerprint density at radius 1 is 1.00 bits per heavy atom. The summed E-state index contributed by atoms with van der Waals surface area (Å²) in [6.07, 6.45) is 2.72. The van der Waals surface area contributed by atoms with Crippen LogP contribution in [0.25, 0.3) is 16.5 Å². The highest BCUT2D eigenvalue weighted by molar-refractivity contribution is 7.89. The third kappa shape index (κ3) is 4.79. The molecule has 2 N–H and O–H groups in total. The molecule has 2 aromatic heterocycles. The second-order valence-corrected chi connectivity index (χ2v) is 10.3. The topological polar surface area (TPSA) is 143 Å². The predicted molar refractivity (Wildman–Crippen MR) is 140 cm³/mol. The number of rotatable bonds is 6. The summed E-state index contributed by atoms with van der Waals surface area (Å²) >= 11 is 0. The van der Waals surface area contributed by atoms with Gasteiger partial charge >= 0.3 is 0 Å². The first-order chi connectivity index (χ1) is 18.4. The van der Waals surface area contributed by atoms with Crippen LogP contribution in [0.1, 0.15) is 16.1 Å². The number of nitrogens with one attached hydrogen (secondary N) is 1. The molecule has 1 aliphatic rings. The van der Waals surface area contributed by atoms with E-state index in [0.29, 0.717) is 24.0 Å². The molecule has 38 heavy (non-hydrogen) atoms. The minimum Gasteiger partial charge on any atom is -0.494 e. The summed E-state index contributed by atoms with van der Waals surface area (Å²) in [6.45, 7) is 1.16. The summed E-state index contributed by atoms with van der Waals surface area (Å²) in [5.41, 5.74) is 2.46. The summed E-state index contributed by atoms with van der Waals surface area (Å²) < 4.78 is 33.6. The monoisotopic (exact) mass is 533 g/mol. The molecule has 12 heteroatoms. The van der Waals surface area contributed by atoms with Crippen molar-refractivity contribution in [3.05, 3.63) is 94.5 Å². The maximum atomic E-state index is 13.3. The van der Waals surface area contributed by atoms with E-state index in [1.165, 1.54) is 47.0 Å². The fraction of sp³-hybridized carbons (Fsp3) is 0.154. The van der Waals surface area contributed by atoms with E-state index < -0.39 is 27.4 Å². The molecule has 1 saturated heterocycles.